The van der Waals surface area contributed by atoms with Crippen molar-refractivity contribution in [3.63, 3.8) is 0 Å². The smallest absolute Gasteiger partial charge is 0.305 e. The number of fused-ring (bicyclic) bond motifs is 3. The van der Waals surface area contributed by atoms with Gasteiger partial charge >= 0.3 is 5.97 Å². The van der Waals surface area contributed by atoms with Crippen molar-refractivity contribution < 1.29 is 24.2 Å². The molecule has 7 heteroatoms. The lowest BCUT2D eigenvalue weighted by molar-refractivity contribution is -0.137. The van der Waals surface area contributed by atoms with Gasteiger partial charge in [0.15, 0.2) is 11.5 Å². The van der Waals surface area contributed by atoms with Crippen LogP contribution in [0.15, 0.2) is 12.1 Å². The first kappa shape index (κ1) is 14.6. The average Bonchev–Trinajstić information content (AvgIpc) is 3.00. The molecule has 0 saturated heterocycles. The van der Waals surface area contributed by atoms with Crippen LogP contribution in [0.1, 0.15) is 21.7 Å². The van der Waals surface area contributed by atoms with Crippen molar-refractivity contribution in [3.8, 4) is 11.5 Å². The number of carbonyl (C=O) groups excluding carboxylic acids is 1. The number of rotatable bonds is 5. The summed E-state index contributed by atoms with van der Waals surface area (Å²) in [5, 5.41) is 9.72. The monoisotopic (exact) mass is 321 g/mol. The molecule has 1 aliphatic rings. The van der Waals surface area contributed by atoms with Crippen LogP contribution < -0.4 is 9.47 Å². The molecule has 1 amide bonds. The maximum absolute atomic E-state index is 12.4. The molecule has 0 atom stereocenters. The molecule has 1 aromatic carbocycles. The molecule has 116 valence electrons. The normalized spacial score (nSPS) is 13.5. The Morgan fingerprint density at radius 3 is 2.64 bits per heavy atom. The summed E-state index contributed by atoms with van der Waals surface area (Å²) in [5.41, 5.74) is 0.941. The Balaban J connectivity index is 1.99. The summed E-state index contributed by atoms with van der Waals surface area (Å²) in [4.78, 5) is 25.3. The van der Waals surface area contributed by atoms with E-state index in [1.165, 1.54) is 11.3 Å². The molecule has 1 aromatic heterocycles. The summed E-state index contributed by atoms with van der Waals surface area (Å²) in [6.07, 6.45) is -0.0459. The van der Waals surface area contributed by atoms with E-state index in [-0.39, 0.29) is 18.9 Å². The van der Waals surface area contributed by atoms with Crippen molar-refractivity contribution >= 4 is 33.3 Å². The van der Waals surface area contributed by atoms with Crippen molar-refractivity contribution in [1.82, 2.24) is 4.90 Å². The molecule has 0 bridgehead atoms. The Morgan fingerprint density at radius 2 is 2.00 bits per heavy atom. The van der Waals surface area contributed by atoms with E-state index in [0.29, 0.717) is 22.9 Å². The topological polar surface area (TPSA) is 76.1 Å². The molecule has 0 spiro atoms. The number of benzene rings is 1. The van der Waals surface area contributed by atoms with Crippen LogP contribution in [-0.4, -0.2) is 42.6 Å². The zero-order valence-electron chi connectivity index (χ0n) is 12.2. The van der Waals surface area contributed by atoms with Gasteiger partial charge in [0.25, 0.3) is 5.91 Å². The second kappa shape index (κ2) is 5.49. The number of ether oxygens (including phenoxy) is 2. The van der Waals surface area contributed by atoms with Crippen molar-refractivity contribution in [2.45, 2.75) is 13.0 Å². The predicted octanol–water partition coefficient (Wildman–Crippen LogP) is 2.35. The molecule has 0 unspecified atom stereocenters. The van der Waals surface area contributed by atoms with Crippen LogP contribution in [0.2, 0.25) is 0 Å². The van der Waals surface area contributed by atoms with Crippen LogP contribution in [0.4, 0.5) is 0 Å². The first-order chi connectivity index (χ1) is 10.5. The fourth-order valence-corrected chi connectivity index (χ4v) is 3.81. The highest BCUT2D eigenvalue weighted by atomic mass is 32.1. The third kappa shape index (κ3) is 2.27. The van der Waals surface area contributed by atoms with E-state index in [1.807, 2.05) is 12.1 Å². The Morgan fingerprint density at radius 1 is 1.32 bits per heavy atom. The van der Waals surface area contributed by atoms with Gasteiger partial charge in [0.1, 0.15) is 0 Å². The van der Waals surface area contributed by atoms with Gasteiger partial charge in [-0.25, -0.2) is 0 Å². The van der Waals surface area contributed by atoms with Gasteiger partial charge in [-0.05, 0) is 6.07 Å². The van der Waals surface area contributed by atoms with Crippen LogP contribution in [0.25, 0.3) is 10.1 Å². The molecule has 2 heterocycles. The van der Waals surface area contributed by atoms with E-state index in [1.54, 1.807) is 19.1 Å². The van der Waals surface area contributed by atoms with Crippen molar-refractivity contribution in [2.24, 2.45) is 0 Å². The number of hydrogen-bond acceptors (Lipinski definition) is 5. The maximum atomic E-state index is 12.4. The summed E-state index contributed by atoms with van der Waals surface area (Å²) >= 11 is 1.41. The lowest BCUT2D eigenvalue weighted by Crippen LogP contribution is -2.26. The number of nitrogens with zero attached hydrogens (tertiary/aromatic N) is 1. The molecular weight excluding hydrogens is 306 g/mol. The number of carboxylic acids is 1. The second-order valence-corrected chi connectivity index (χ2v) is 6.04. The Labute approximate surface area is 130 Å². The number of thiophene rings is 1. The van der Waals surface area contributed by atoms with E-state index >= 15 is 0 Å². The van der Waals surface area contributed by atoms with Gasteiger partial charge in [0.2, 0.25) is 0 Å². The highest BCUT2D eigenvalue weighted by Crippen LogP contribution is 2.42. The van der Waals surface area contributed by atoms with Crippen LogP contribution in [0.3, 0.4) is 0 Å². The summed E-state index contributed by atoms with van der Waals surface area (Å²) in [5.74, 6) is 0.242. The van der Waals surface area contributed by atoms with E-state index in [2.05, 4.69) is 0 Å². The van der Waals surface area contributed by atoms with Crippen LogP contribution in [0, 0.1) is 0 Å². The van der Waals surface area contributed by atoms with Crippen molar-refractivity contribution in [3.05, 3.63) is 22.6 Å². The second-order valence-electron chi connectivity index (χ2n) is 4.98. The third-order valence-corrected chi connectivity index (χ3v) is 4.91. The van der Waals surface area contributed by atoms with Gasteiger partial charge < -0.3 is 19.5 Å². The minimum Gasteiger partial charge on any atom is -0.493 e. The van der Waals surface area contributed by atoms with Crippen molar-refractivity contribution in [2.75, 3.05) is 20.8 Å². The van der Waals surface area contributed by atoms with E-state index in [0.717, 1.165) is 15.6 Å². The summed E-state index contributed by atoms with van der Waals surface area (Å²) in [6, 6.07) is 3.74. The molecule has 22 heavy (non-hydrogen) atoms. The number of methoxy groups -OCH3 is 2. The van der Waals surface area contributed by atoms with Gasteiger partial charge in [0, 0.05) is 34.8 Å². The molecule has 0 fully saturated rings. The zero-order valence-corrected chi connectivity index (χ0v) is 13.0. The molecule has 0 radical (unpaired) electrons. The molecule has 1 N–H and O–H groups in total. The third-order valence-electron chi connectivity index (χ3n) is 3.72. The van der Waals surface area contributed by atoms with Crippen molar-refractivity contribution in [1.29, 1.82) is 0 Å². The molecule has 2 aromatic rings. The molecule has 0 aliphatic carbocycles. The SMILES string of the molecule is COc1cc2sc3c(c2cc1OC)CN(CCC(=O)O)C3=O. The molecule has 6 nitrogen and oxygen atoms in total. The number of carboxylic acid groups (broad SMARTS) is 1. The summed E-state index contributed by atoms with van der Waals surface area (Å²) in [7, 11) is 3.14. The minimum atomic E-state index is -0.903. The van der Waals surface area contributed by atoms with Crippen LogP contribution in [-0.2, 0) is 11.3 Å². The minimum absolute atomic E-state index is 0.0459. The highest BCUT2D eigenvalue weighted by Gasteiger charge is 2.32. The van der Waals surface area contributed by atoms with Gasteiger partial charge in [0.05, 0.1) is 25.5 Å². The highest BCUT2D eigenvalue weighted by molar-refractivity contribution is 7.21. The molecule has 1 aliphatic heterocycles. The standard InChI is InChI=1S/C15H15NO5S/c1-20-10-5-8-9-7-16(4-3-13(17)18)15(19)14(9)22-12(8)6-11(10)21-2/h5-6H,3-4,7H2,1-2H3,(H,17,18). The quantitative estimate of drug-likeness (QED) is 0.915. The Hall–Kier alpha value is -2.28. The number of hydrogen-bond donors (Lipinski definition) is 1. The van der Waals surface area contributed by atoms with E-state index in [4.69, 9.17) is 14.6 Å². The zero-order chi connectivity index (χ0) is 15.9. The maximum Gasteiger partial charge on any atom is 0.305 e. The van der Waals surface area contributed by atoms with Crippen LogP contribution in [0.5, 0.6) is 11.5 Å². The summed E-state index contributed by atoms with van der Waals surface area (Å²) < 4.78 is 11.6. The van der Waals surface area contributed by atoms with Gasteiger partial charge in [-0.15, -0.1) is 11.3 Å². The summed E-state index contributed by atoms with van der Waals surface area (Å²) in [6.45, 7) is 0.668. The number of amides is 1. The first-order valence-electron chi connectivity index (χ1n) is 6.73. The Kier molecular flexibility index (Phi) is 3.66. The molecule has 3 rings (SSSR count). The fourth-order valence-electron chi connectivity index (χ4n) is 2.62. The fraction of sp³-hybridized carbons (Fsp3) is 0.333. The lowest BCUT2D eigenvalue weighted by atomic mass is 10.1. The molecule has 0 saturated carbocycles. The average molecular weight is 321 g/mol. The predicted molar refractivity (Wildman–Crippen MR) is 81.9 cm³/mol. The Bertz CT molecular complexity index is 767. The molecular formula is C15H15NO5S. The largest absolute Gasteiger partial charge is 0.493 e. The number of aliphatic carboxylic acids is 1. The first-order valence-corrected chi connectivity index (χ1v) is 7.55. The van der Waals surface area contributed by atoms with Gasteiger partial charge in [-0.2, -0.15) is 0 Å². The van der Waals surface area contributed by atoms with Gasteiger partial charge in [-0.1, -0.05) is 0 Å². The lowest BCUT2D eigenvalue weighted by Gasteiger charge is -2.14. The van der Waals surface area contributed by atoms with Gasteiger partial charge in [-0.3, -0.25) is 9.59 Å². The van der Waals surface area contributed by atoms with E-state index in [9.17, 15) is 9.59 Å². The van der Waals surface area contributed by atoms with Crippen LogP contribution >= 0.6 is 11.3 Å². The number of carbonyl (C=O) groups is 2. The van der Waals surface area contributed by atoms with E-state index < -0.39 is 5.97 Å².